The molecule has 0 N–H and O–H groups in total. The molecule has 1 unspecified atom stereocenters. The monoisotopic (exact) mass is 222 g/mol. The van der Waals surface area contributed by atoms with Crippen molar-refractivity contribution < 1.29 is 9.53 Å². The maximum Gasteiger partial charge on any atom is 0.331 e. The van der Waals surface area contributed by atoms with Crippen LogP contribution in [0.5, 0.6) is 0 Å². The summed E-state index contributed by atoms with van der Waals surface area (Å²) in [6.45, 7) is 11.3. The summed E-state index contributed by atoms with van der Waals surface area (Å²) in [5, 5.41) is 0. The summed E-state index contributed by atoms with van der Waals surface area (Å²) in [7, 11) is 0. The van der Waals surface area contributed by atoms with Crippen LogP contribution in [0, 0.1) is 11.3 Å². The topological polar surface area (TPSA) is 26.3 Å². The van der Waals surface area contributed by atoms with Crippen molar-refractivity contribution in [1.82, 2.24) is 0 Å². The van der Waals surface area contributed by atoms with Crippen LogP contribution in [0.2, 0.25) is 0 Å². The Labute approximate surface area is 98.4 Å². The molecule has 2 heteroatoms. The average molecular weight is 222 g/mol. The van der Waals surface area contributed by atoms with Gasteiger partial charge in [0.2, 0.25) is 0 Å². The fourth-order valence-corrected chi connectivity index (χ4v) is 2.01. The number of carbonyl (C=O) groups excluding carboxylic acids is 1. The minimum atomic E-state index is -0.193. The second-order valence-corrected chi connectivity index (χ2v) is 5.76. The summed E-state index contributed by atoms with van der Waals surface area (Å²) in [6, 6.07) is 0. The molecule has 0 aromatic rings. The van der Waals surface area contributed by atoms with Gasteiger partial charge in [-0.2, -0.15) is 0 Å². The van der Waals surface area contributed by atoms with Gasteiger partial charge in [-0.15, -0.1) is 0 Å². The number of hydrogen-bond donors (Lipinski definition) is 0. The molecule has 1 aliphatic heterocycles. The molecule has 0 radical (unpaired) electrons. The lowest BCUT2D eigenvalue weighted by atomic mass is 9.74. The van der Waals surface area contributed by atoms with Crippen molar-refractivity contribution >= 4 is 5.97 Å². The fourth-order valence-electron chi connectivity index (χ4n) is 2.01. The second kappa shape index (κ2) is 4.86. The van der Waals surface area contributed by atoms with E-state index >= 15 is 0 Å². The normalized spacial score (nSPS) is 17.8. The first-order chi connectivity index (χ1) is 7.30. The zero-order valence-corrected chi connectivity index (χ0v) is 11.0. The molecule has 0 fully saturated rings. The van der Waals surface area contributed by atoms with Crippen molar-refractivity contribution in [2.24, 2.45) is 11.3 Å². The number of cyclic esters (lactones) is 1. The van der Waals surface area contributed by atoms with Crippen molar-refractivity contribution in [2.45, 2.75) is 41.0 Å². The molecule has 0 aliphatic carbocycles. The smallest absolute Gasteiger partial charge is 0.331 e. The second-order valence-electron chi connectivity index (χ2n) is 5.76. The highest BCUT2D eigenvalue weighted by Crippen LogP contribution is 2.36. The Bertz CT molecular complexity index is 325. The average Bonchev–Trinajstić information content (AvgIpc) is 2.49. The van der Waals surface area contributed by atoms with Gasteiger partial charge >= 0.3 is 5.97 Å². The summed E-state index contributed by atoms with van der Waals surface area (Å²) in [5.74, 6) is 0.190. The van der Waals surface area contributed by atoms with E-state index < -0.39 is 0 Å². The lowest BCUT2D eigenvalue weighted by Crippen LogP contribution is -2.22. The lowest BCUT2D eigenvalue weighted by molar-refractivity contribution is -0.135. The van der Waals surface area contributed by atoms with Gasteiger partial charge in [0.05, 0.1) is 0 Å². The molecule has 0 saturated heterocycles. The maximum absolute atomic E-state index is 11.1. The molecule has 0 aromatic heterocycles. The van der Waals surface area contributed by atoms with E-state index in [1.54, 1.807) is 6.08 Å². The van der Waals surface area contributed by atoms with Gasteiger partial charge in [0.15, 0.2) is 0 Å². The third-order valence-corrected chi connectivity index (χ3v) is 2.94. The predicted octanol–water partition coefficient (Wildman–Crippen LogP) is 3.49. The molecule has 90 valence electrons. The number of carbonyl (C=O) groups is 1. The Morgan fingerprint density at radius 3 is 2.50 bits per heavy atom. The summed E-state index contributed by atoms with van der Waals surface area (Å²) in [4.78, 5) is 11.1. The van der Waals surface area contributed by atoms with E-state index in [0.717, 1.165) is 12.0 Å². The standard InChI is InChI=1S/C14H22O2/c1-10(2)6-7-12(14(3,4)5)11-8-13(15)16-9-11/h6,8,12H,7,9H2,1-5H3. The van der Waals surface area contributed by atoms with Gasteiger partial charge in [-0.25, -0.2) is 4.79 Å². The third kappa shape index (κ3) is 3.51. The van der Waals surface area contributed by atoms with Gasteiger partial charge in [-0.05, 0) is 37.2 Å². The Hall–Kier alpha value is -1.05. The van der Waals surface area contributed by atoms with Crippen LogP contribution in [0.15, 0.2) is 23.3 Å². The highest BCUT2D eigenvalue weighted by Gasteiger charge is 2.30. The molecule has 16 heavy (non-hydrogen) atoms. The van der Waals surface area contributed by atoms with E-state index in [-0.39, 0.29) is 11.4 Å². The van der Waals surface area contributed by atoms with Crippen molar-refractivity contribution in [2.75, 3.05) is 6.61 Å². The first-order valence-electron chi connectivity index (χ1n) is 5.81. The molecule has 0 spiro atoms. The molecule has 1 heterocycles. The molecule has 0 bridgehead atoms. The van der Waals surface area contributed by atoms with Crippen molar-refractivity contribution in [3.63, 3.8) is 0 Å². The van der Waals surface area contributed by atoms with Crippen LogP contribution in [0.4, 0.5) is 0 Å². The van der Waals surface area contributed by atoms with E-state index in [1.165, 1.54) is 5.57 Å². The van der Waals surface area contributed by atoms with Crippen LogP contribution in [-0.4, -0.2) is 12.6 Å². The zero-order valence-electron chi connectivity index (χ0n) is 11.0. The molecular formula is C14H22O2. The van der Waals surface area contributed by atoms with Gasteiger partial charge in [0.1, 0.15) is 6.61 Å². The molecule has 1 rings (SSSR count). The van der Waals surface area contributed by atoms with Crippen molar-refractivity contribution in [3.8, 4) is 0 Å². The van der Waals surface area contributed by atoms with Crippen LogP contribution < -0.4 is 0 Å². The summed E-state index contributed by atoms with van der Waals surface area (Å²) in [6.07, 6.45) is 4.88. The van der Waals surface area contributed by atoms with Gasteiger partial charge in [0, 0.05) is 6.08 Å². The van der Waals surface area contributed by atoms with Crippen LogP contribution in [0.1, 0.15) is 41.0 Å². The van der Waals surface area contributed by atoms with Gasteiger partial charge in [-0.3, -0.25) is 0 Å². The van der Waals surface area contributed by atoms with Crippen LogP contribution in [0.25, 0.3) is 0 Å². The first-order valence-corrected chi connectivity index (χ1v) is 5.81. The van der Waals surface area contributed by atoms with Crippen LogP contribution >= 0.6 is 0 Å². The van der Waals surface area contributed by atoms with E-state index in [4.69, 9.17) is 4.74 Å². The molecule has 0 amide bonds. The fraction of sp³-hybridized carbons (Fsp3) is 0.643. The number of hydrogen-bond acceptors (Lipinski definition) is 2. The highest BCUT2D eigenvalue weighted by molar-refractivity contribution is 5.85. The van der Waals surface area contributed by atoms with Crippen LogP contribution in [-0.2, 0) is 9.53 Å². The lowest BCUT2D eigenvalue weighted by Gasteiger charge is -2.30. The molecule has 0 saturated carbocycles. The van der Waals surface area contributed by atoms with Crippen molar-refractivity contribution in [1.29, 1.82) is 0 Å². The van der Waals surface area contributed by atoms with E-state index in [9.17, 15) is 4.79 Å². The number of rotatable bonds is 3. The van der Waals surface area contributed by atoms with E-state index in [1.807, 2.05) is 0 Å². The van der Waals surface area contributed by atoms with Crippen LogP contribution in [0.3, 0.4) is 0 Å². The van der Waals surface area contributed by atoms with E-state index in [2.05, 4.69) is 40.7 Å². The number of ether oxygens (including phenoxy) is 1. The minimum absolute atomic E-state index is 0.158. The van der Waals surface area contributed by atoms with E-state index in [0.29, 0.717) is 12.5 Å². The van der Waals surface area contributed by atoms with Gasteiger partial charge < -0.3 is 4.74 Å². The molecule has 2 nitrogen and oxygen atoms in total. The summed E-state index contributed by atoms with van der Waals surface area (Å²) in [5.41, 5.74) is 2.61. The number of allylic oxidation sites excluding steroid dienone is 2. The first kappa shape index (κ1) is 13.0. The number of esters is 1. The Balaban J connectivity index is 2.84. The quantitative estimate of drug-likeness (QED) is 0.539. The SMILES string of the molecule is CC(C)=CCC(C1=CC(=O)OC1)C(C)(C)C. The molecule has 1 aliphatic rings. The largest absolute Gasteiger partial charge is 0.458 e. The van der Waals surface area contributed by atoms with Gasteiger partial charge in [-0.1, -0.05) is 32.4 Å². The summed E-state index contributed by atoms with van der Waals surface area (Å²) < 4.78 is 5.00. The molecule has 0 aromatic carbocycles. The third-order valence-electron chi connectivity index (χ3n) is 2.94. The molecule has 1 atom stereocenters. The summed E-state index contributed by atoms with van der Waals surface area (Å²) >= 11 is 0. The minimum Gasteiger partial charge on any atom is -0.458 e. The van der Waals surface area contributed by atoms with Gasteiger partial charge in [0.25, 0.3) is 0 Å². The Morgan fingerprint density at radius 2 is 2.12 bits per heavy atom. The van der Waals surface area contributed by atoms with Crippen molar-refractivity contribution in [3.05, 3.63) is 23.3 Å². The highest BCUT2D eigenvalue weighted by atomic mass is 16.5. The maximum atomic E-state index is 11.1. The Morgan fingerprint density at radius 1 is 1.50 bits per heavy atom. The zero-order chi connectivity index (χ0) is 12.3. The predicted molar refractivity (Wildman–Crippen MR) is 66.0 cm³/mol. The molecular weight excluding hydrogens is 200 g/mol. The Kier molecular flexibility index (Phi) is 3.95.